The molecule has 0 spiro atoms. The van der Waals surface area contributed by atoms with Crippen molar-refractivity contribution >= 4 is 23.5 Å². The van der Waals surface area contributed by atoms with Crippen LogP contribution in [0.25, 0.3) is 11.6 Å². The van der Waals surface area contributed by atoms with Crippen molar-refractivity contribution in [2.24, 2.45) is 0 Å². The molecule has 0 bridgehead atoms. The number of hydrogen-bond acceptors (Lipinski definition) is 5. The highest BCUT2D eigenvalue weighted by atomic mass is 16.7. The van der Waals surface area contributed by atoms with E-state index in [1.165, 1.54) is 14.2 Å². The number of methoxy groups -OCH3 is 2. The summed E-state index contributed by atoms with van der Waals surface area (Å²) in [7, 11) is 2.97. The number of imide groups is 1. The van der Waals surface area contributed by atoms with E-state index >= 15 is 0 Å². The molecule has 6 heteroatoms. The lowest BCUT2D eigenvalue weighted by atomic mass is 9.94. The van der Waals surface area contributed by atoms with Crippen LogP contribution < -0.4 is 5.32 Å². The highest BCUT2D eigenvalue weighted by Gasteiger charge is 2.36. The topological polar surface area (TPSA) is 77.5 Å². The zero-order valence-electron chi connectivity index (χ0n) is 14.4. The smallest absolute Gasteiger partial charge is 0.259 e. The Balaban J connectivity index is 2.25. The number of hydrogen-bond donors (Lipinski definition) is 1. The van der Waals surface area contributed by atoms with Crippen LogP contribution in [0.1, 0.15) is 11.1 Å². The number of nitrogens with one attached hydrogen (secondary N) is 1. The number of amides is 2. The van der Waals surface area contributed by atoms with Crippen LogP contribution in [0.4, 0.5) is 0 Å². The molecule has 1 aromatic heterocycles. The minimum atomic E-state index is -0.801. The maximum Gasteiger partial charge on any atom is 0.259 e. The first-order valence-electron chi connectivity index (χ1n) is 7.98. The van der Waals surface area contributed by atoms with E-state index in [1.54, 1.807) is 30.6 Å². The lowest BCUT2D eigenvalue weighted by molar-refractivity contribution is -0.123. The van der Waals surface area contributed by atoms with Crippen LogP contribution in [0.3, 0.4) is 0 Å². The van der Waals surface area contributed by atoms with E-state index in [4.69, 9.17) is 9.47 Å². The first kappa shape index (κ1) is 17.7. The van der Waals surface area contributed by atoms with Gasteiger partial charge in [0, 0.05) is 32.2 Å². The van der Waals surface area contributed by atoms with Gasteiger partial charge in [0.15, 0.2) is 6.29 Å². The van der Waals surface area contributed by atoms with Gasteiger partial charge in [0.05, 0.1) is 11.1 Å². The summed E-state index contributed by atoms with van der Waals surface area (Å²) in [5.74, 6) is -0.936. The molecular formula is C20H18N2O4. The minimum absolute atomic E-state index is 0.242. The summed E-state index contributed by atoms with van der Waals surface area (Å²) in [5.41, 5.74) is 2.50. The standard InChI is InChI=1S/C20H18N2O4/c1-25-20(26-2)16(14-6-4-3-5-7-14)17-15(18(23)22-19(17)24)12-13-8-10-21-11-9-13/h3-12,20H,1-2H3,(H,22,23,24)/b15-12+,17-16-. The lowest BCUT2D eigenvalue weighted by Crippen LogP contribution is -2.22. The Labute approximate surface area is 151 Å². The summed E-state index contributed by atoms with van der Waals surface area (Å²) in [6, 6.07) is 12.8. The van der Waals surface area contributed by atoms with Gasteiger partial charge in [0.1, 0.15) is 0 Å². The van der Waals surface area contributed by atoms with Gasteiger partial charge in [-0.2, -0.15) is 0 Å². The summed E-state index contributed by atoms with van der Waals surface area (Å²) in [6.45, 7) is 0. The molecule has 132 valence electrons. The Morgan fingerprint density at radius 2 is 1.65 bits per heavy atom. The SMILES string of the molecule is COC(OC)/C(=C1\C(=O)NC(=O)\C1=C\c1ccncc1)c1ccccc1. The molecule has 3 rings (SSSR count). The molecule has 2 aromatic rings. The van der Waals surface area contributed by atoms with Gasteiger partial charge in [-0.1, -0.05) is 30.3 Å². The van der Waals surface area contributed by atoms with Crippen LogP contribution in [0.2, 0.25) is 0 Å². The van der Waals surface area contributed by atoms with Gasteiger partial charge < -0.3 is 9.47 Å². The summed E-state index contributed by atoms with van der Waals surface area (Å²) < 4.78 is 10.8. The number of nitrogens with zero attached hydrogens (tertiary/aromatic N) is 1. The van der Waals surface area contributed by atoms with Crippen molar-refractivity contribution in [3.63, 3.8) is 0 Å². The van der Waals surface area contributed by atoms with Crippen molar-refractivity contribution < 1.29 is 19.1 Å². The van der Waals surface area contributed by atoms with Gasteiger partial charge in [0.25, 0.3) is 11.8 Å². The third kappa shape index (κ3) is 3.46. The zero-order valence-corrected chi connectivity index (χ0v) is 14.4. The minimum Gasteiger partial charge on any atom is -0.352 e. The molecular weight excluding hydrogens is 332 g/mol. The van der Waals surface area contributed by atoms with Gasteiger partial charge in [-0.05, 0) is 29.3 Å². The monoisotopic (exact) mass is 350 g/mol. The Kier molecular flexibility index (Phi) is 5.36. The predicted octanol–water partition coefficient (Wildman–Crippen LogP) is 2.19. The second-order valence-corrected chi connectivity index (χ2v) is 5.58. The third-order valence-corrected chi connectivity index (χ3v) is 4.00. The van der Waals surface area contributed by atoms with Gasteiger partial charge in [-0.3, -0.25) is 19.9 Å². The average molecular weight is 350 g/mol. The Hall–Kier alpha value is -3.09. The Bertz CT molecular complexity index is 869. The summed E-state index contributed by atoms with van der Waals surface area (Å²) in [6.07, 6.45) is 4.10. The molecule has 2 amide bonds. The molecule has 26 heavy (non-hydrogen) atoms. The number of benzene rings is 1. The number of carbonyl (C=O) groups is 2. The van der Waals surface area contributed by atoms with Crippen LogP contribution in [-0.2, 0) is 19.1 Å². The number of rotatable bonds is 5. The van der Waals surface area contributed by atoms with Crippen molar-refractivity contribution in [2.45, 2.75) is 6.29 Å². The van der Waals surface area contributed by atoms with E-state index in [0.717, 1.165) is 11.1 Å². The maximum atomic E-state index is 12.6. The molecule has 1 aliphatic rings. The largest absolute Gasteiger partial charge is 0.352 e. The van der Waals surface area contributed by atoms with Crippen LogP contribution >= 0.6 is 0 Å². The van der Waals surface area contributed by atoms with E-state index in [2.05, 4.69) is 10.3 Å². The molecule has 0 saturated carbocycles. The number of ether oxygens (including phenoxy) is 2. The molecule has 1 aliphatic heterocycles. The molecule has 1 fully saturated rings. The molecule has 0 aliphatic carbocycles. The van der Waals surface area contributed by atoms with Crippen LogP contribution in [0.15, 0.2) is 66.0 Å². The quantitative estimate of drug-likeness (QED) is 0.508. The summed E-state index contributed by atoms with van der Waals surface area (Å²) in [5, 5.41) is 2.36. The maximum absolute atomic E-state index is 12.6. The molecule has 1 aromatic carbocycles. The van der Waals surface area contributed by atoms with Gasteiger partial charge in [-0.25, -0.2) is 0 Å². The molecule has 0 unspecified atom stereocenters. The molecule has 0 atom stereocenters. The fourth-order valence-electron chi connectivity index (χ4n) is 2.85. The van der Waals surface area contributed by atoms with Crippen LogP contribution in [0, 0.1) is 0 Å². The van der Waals surface area contributed by atoms with E-state index in [9.17, 15) is 9.59 Å². The highest BCUT2D eigenvalue weighted by Crippen LogP contribution is 2.32. The molecule has 1 saturated heterocycles. The van der Waals surface area contributed by atoms with Gasteiger partial charge in [-0.15, -0.1) is 0 Å². The van der Waals surface area contributed by atoms with Crippen molar-refractivity contribution in [1.29, 1.82) is 0 Å². The fourth-order valence-corrected chi connectivity index (χ4v) is 2.85. The third-order valence-electron chi connectivity index (χ3n) is 4.00. The Morgan fingerprint density at radius 3 is 2.27 bits per heavy atom. The fraction of sp³-hybridized carbons (Fsp3) is 0.150. The lowest BCUT2D eigenvalue weighted by Gasteiger charge is -2.20. The van der Waals surface area contributed by atoms with Crippen LogP contribution in [0.5, 0.6) is 0 Å². The van der Waals surface area contributed by atoms with E-state index in [-0.39, 0.29) is 11.1 Å². The number of carbonyl (C=O) groups excluding carboxylic acids is 2. The first-order chi connectivity index (χ1) is 12.7. The zero-order chi connectivity index (χ0) is 18.5. The van der Waals surface area contributed by atoms with E-state index in [0.29, 0.717) is 5.57 Å². The van der Waals surface area contributed by atoms with E-state index < -0.39 is 18.1 Å². The molecule has 2 heterocycles. The van der Waals surface area contributed by atoms with Gasteiger partial charge >= 0.3 is 0 Å². The molecule has 1 N–H and O–H groups in total. The number of pyridine rings is 1. The summed E-state index contributed by atoms with van der Waals surface area (Å²) in [4.78, 5) is 28.9. The van der Waals surface area contributed by atoms with Gasteiger partial charge in [0.2, 0.25) is 0 Å². The average Bonchev–Trinajstić information content (AvgIpc) is 2.94. The predicted molar refractivity (Wildman–Crippen MR) is 96.5 cm³/mol. The highest BCUT2D eigenvalue weighted by molar-refractivity contribution is 6.29. The molecule has 0 radical (unpaired) electrons. The second-order valence-electron chi connectivity index (χ2n) is 5.58. The van der Waals surface area contributed by atoms with Crippen molar-refractivity contribution in [3.8, 4) is 0 Å². The van der Waals surface area contributed by atoms with Crippen molar-refractivity contribution in [3.05, 3.63) is 77.1 Å². The first-order valence-corrected chi connectivity index (χ1v) is 7.98. The summed E-state index contributed by atoms with van der Waals surface area (Å²) >= 11 is 0. The number of aromatic nitrogens is 1. The Morgan fingerprint density at radius 1 is 1.00 bits per heavy atom. The second kappa shape index (κ2) is 7.86. The van der Waals surface area contributed by atoms with E-state index in [1.807, 2.05) is 30.3 Å². The van der Waals surface area contributed by atoms with Crippen LogP contribution in [-0.4, -0.2) is 37.3 Å². The normalized spacial score (nSPS) is 17.7. The molecule has 6 nitrogen and oxygen atoms in total. The van der Waals surface area contributed by atoms with Crippen molar-refractivity contribution in [1.82, 2.24) is 10.3 Å². The van der Waals surface area contributed by atoms with Crippen molar-refractivity contribution in [2.75, 3.05) is 14.2 Å².